The molecule has 0 aliphatic carbocycles. The number of hydrogen-bond donors (Lipinski definition) is 1. The van der Waals surface area contributed by atoms with Crippen LogP contribution in [0.4, 0.5) is 10.3 Å². The minimum Gasteiger partial charge on any atom is -0.488 e. The van der Waals surface area contributed by atoms with Crippen molar-refractivity contribution in [2.45, 2.75) is 18.9 Å². The van der Waals surface area contributed by atoms with Gasteiger partial charge in [0, 0.05) is 13.2 Å². The van der Waals surface area contributed by atoms with Gasteiger partial charge in [-0.1, -0.05) is 0 Å². The first-order valence-electron chi connectivity index (χ1n) is 7.66. The van der Waals surface area contributed by atoms with Crippen LogP contribution in [0.2, 0.25) is 0 Å². The van der Waals surface area contributed by atoms with Crippen molar-refractivity contribution < 1.29 is 9.13 Å². The van der Waals surface area contributed by atoms with Gasteiger partial charge in [0.1, 0.15) is 23.2 Å². The molecule has 1 unspecified atom stereocenters. The van der Waals surface area contributed by atoms with E-state index in [9.17, 15) is 4.39 Å². The van der Waals surface area contributed by atoms with Crippen LogP contribution in [0.1, 0.15) is 12.0 Å². The van der Waals surface area contributed by atoms with E-state index in [0.717, 1.165) is 41.1 Å². The van der Waals surface area contributed by atoms with E-state index in [1.54, 1.807) is 24.5 Å². The highest BCUT2D eigenvalue weighted by Crippen LogP contribution is 2.28. The Kier molecular flexibility index (Phi) is 3.37. The minimum absolute atomic E-state index is 0.0471. The van der Waals surface area contributed by atoms with Gasteiger partial charge in [-0.05, 0) is 42.7 Å². The predicted molar refractivity (Wildman–Crippen MR) is 86.1 cm³/mol. The highest BCUT2D eigenvalue weighted by Gasteiger charge is 2.20. The number of hydrogen-bond acceptors (Lipinski definition) is 4. The number of anilines is 1. The first-order chi connectivity index (χ1) is 11.2. The molecule has 3 aromatic rings. The van der Waals surface area contributed by atoms with Gasteiger partial charge in [-0.2, -0.15) is 0 Å². The predicted octanol–water partition coefficient (Wildman–Crippen LogP) is 2.91. The van der Waals surface area contributed by atoms with Crippen molar-refractivity contribution in [3.05, 3.63) is 48.0 Å². The summed E-state index contributed by atoms with van der Waals surface area (Å²) >= 11 is 0. The molecule has 6 heteroatoms. The zero-order valence-corrected chi connectivity index (χ0v) is 12.8. The number of ether oxygens (including phenoxy) is 1. The molecule has 0 fully saturated rings. The molecule has 1 N–H and O–H groups in total. The van der Waals surface area contributed by atoms with Crippen LogP contribution in [-0.4, -0.2) is 27.2 Å². The third kappa shape index (κ3) is 2.60. The maximum Gasteiger partial charge on any atom is 0.203 e. The number of rotatable bonds is 3. The Labute approximate surface area is 133 Å². The Morgan fingerprint density at radius 3 is 3.17 bits per heavy atom. The summed E-state index contributed by atoms with van der Waals surface area (Å²) < 4.78 is 21.2. The second-order valence-electron chi connectivity index (χ2n) is 5.77. The number of nitrogens with zero attached hydrogens (tertiary/aromatic N) is 3. The average molecular weight is 312 g/mol. The van der Waals surface area contributed by atoms with E-state index in [-0.39, 0.29) is 11.9 Å². The summed E-state index contributed by atoms with van der Waals surface area (Å²) in [5.74, 6) is 1.36. The summed E-state index contributed by atoms with van der Waals surface area (Å²) in [7, 11) is 1.97. The van der Waals surface area contributed by atoms with Gasteiger partial charge in [0.15, 0.2) is 0 Å². The number of aromatic nitrogens is 3. The monoisotopic (exact) mass is 312 g/mol. The molecular weight excluding hydrogens is 295 g/mol. The summed E-state index contributed by atoms with van der Waals surface area (Å²) in [6, 6.07) is 6.64. The molecule has 0 saturated heterocycles. The molecule has 0 saturated carbocycles. The highest BCUT2D eigenvalue weighted by atomic mass is 19.1. The van der Waals surface area contributed by atoms with Gasteiger partial charge in [-0.3, -0.25) is 4.98 Å². The van der Waals surface area contributed by atoms with Gasteiger partial charge in [-0.15, -0.1) is 0 Å². The molecule has 0 amide bonds. The van der Waals surface area contributed by atoms with Crippen molar-refractivity contribution in [2.75, 3.05) is 11.9 Å². The fourth-order valence-corrected chi connectivity index (χ4v) is 2.97. The number of imidazole rings is 1. The lowest BCUT2D eigenvalue weighted by molar-refractivity contribution is 0.185. The molecule has 0 radical (unpaired) electrons. The summed E-state index contributed by atoms with van der Waals surface area (Å²) in [6.07, 6.45) is 5.24. The molecule has 1 aliphatic rings. The van der Waals surface area contributed by atoms with Crippen LogP contribution in [-0.2, 0) is 13.5 Å². The standard InChI is InChI=1S/C17H17FN4O/c1-22-15-6-7-19-10-14(15)21-17(22)20-9-13-4-2-11-8-12(18)3-5-16(11)23-13/h3,5-8,10,13H,2,4,9H2,1H3,(H,20,21). The third-order valence-electron chi connectivity index (χ3n) is 4.22. The van der Waals surface area contributed by atoms with Crippen molar-refractivity contribution in [1.29, 1.82) is 0 Å². The molecule has 118 valence electrons. The second kappa shape index (κ2) is 5.53. The molecular formula is C17H17FN4O. The zero-order chi connectivity index (χ0) is 15.8. The van der Waals surface area contributed by atoms with E-state index < -0.39 is 0 Å². The van der Waals surface area contributed by atoms with Crippen molar-refractivity contribution >= 4 is 17.0 Å². The highest BCUT2D eigenvalue weighted by molar-refractivity contribution is 5.77. The van der Waals surface area contributed by atoms with Gasteiger partial charge in [0.05, 0.1) is 18.3 Å². The number of halogens is 1. The van der Waals surface area contributed by atoms with Crippen LogP contribution >= 0.6 is 0 Å². The van der Waals surface area contributed by atoms with E-state index in [2.05, 4.69) is 15.3 Å². The fourth-order valence-electron chi connectivity index (χ4n) is 2.97. The Hall–Kier alpha value is -2.63. The lowest BCUT2D eigenvalue weighted by Crippen LogP contribution is -2.30. The molecule has 4 rings (SSSR count). The van der Waals surface area contributed by atoms with Gasteiger partial charge >= 0.3 is 0 Å². The summed E-state index contributed by atoms with van der Waals surface area (Å²) in [5.41, 5.74) is 2.84. The SMILES string of the molecule is Cn1c(NCC2CCc3cc(F)ccc3O2)nc2cnccc21. The molecule has 1 atom stereocenters. The Bertz CT molecular complexity index is 861. The molecule has 1 aliphatic heterocycles. The maximum absolute atomic E-state index is 13.2. The molecule has 0 spiro atoms. The Morgan fingerprint density at radius 1 is 1.39 bits per heavy atom. The second-order valence-corrected chi connectivity index (χ2v) is 5.77. The first-order valence-corrected chi connectivity index (χ1v) is 7.66. The van der Waals surface area contributed by atoms with Crippen molar-refractivity contribution in [3.63, 3.8) is 0 Å². The van der Waals surface area contributed by atoms with Crippen molar-refractivity contribution in [1.82, 2.24) is 14.5 Å². The largest absolute Gasteiger partial charge is 0.488 e. The molecule has 0 bridgehead atoms. The van der Waals surface area contributed by atoms with Crippen LogP contribution in [0.5, 0.6) is 5.75 Å². The van der Waals surface area contributed by atoms with Crippen molar-refractivity contribution in [2.24, 2.45) is 7.05 Å². The molecule has 3 heterocycles. The van der Waals surface area contributed by atoms with Crippen LogP contribution in [0.25, 0.3) is 11.0 Å². The average Bonchev–Trinajstić information content (AvgIpc) is 2.89. The Balaban J connectivity index is 1.47. The molecule has 5 nitrogen and oxygen atoms in total. The van der Waals surface area contributed by atoms with Crippen LogP contribution in [0.3, 0.4) is 0 Å². The third-order valence-corrected chi connectivity index (χ3v) is 4.22. The lowest BCUT2D eigenvalue weighted by atomic mass is 10.0. The van der Waals surface area contributed by atoms with Crippen LogP contribution < -0.4 is 10.1 Å². The quantitative estimate of drug-likeness (QED) is 0.808. The molecule has 1 aromatic carbocycles. The van der Waals surface area contributed by atoms with E-state index in [0.29, 0.717) is 6.54 Å². The van der Waals surface area contributed by atoms with E-state index >= 15 is 0 Å². The maximum atomic E-state index is 13.2. The number of pyridine rings is 1. The summed E-state index contributed by atoms with van der Waals surface area (Å²) in [4.78, 5) is 8.63. The van der Waals surface area contributed by atoms with Gasteiger partial charge < -0.3 is 14.6 Å². The van der Waals surface area contributed by atoms with E-state index in [1.807, 2.05) is 17.7 Å². The molecule has 23 heavy (non-hydrogen) atoms. The molecule has 2 aromatic heterocycles. The number of nitrogens with one attached hydrogen (secondary N) is 1. The van der Waals surface area contributed by atoms with E-state index in [1.165, 1.54) is 6.07 Å². The van der Waals surface area contributed by atoms with Gasteiger partial charge in [0.25, 0.3) is 0 Å². The van der Waals surface area contributed by atoms with Gasteiger partial charge in [0.2, 0.25) is 5.95 Å². The minimum atomic E-state index is -0.211. The van der Waals surface area contributed by atoms with Crippen molar-refractivity contribution in [3.8, 4) is 5.75 Å². The number of aryl methyl sites for hydroxylation is 2. The van der Waals surface area contributed by atoms with Crippen LogP contribution in [0.15, 0.2) is 36.7 Å². The van der Waals surface area contributed by atoms with Crippen LogP contribution in [0, 0.1) is 5.82 Å². The smallest absolute Gasteiger partial charge is 0.203 e. The number of benzene rings is 1. The zero-order valence-electron chi connectivity index (χ0n) is 12.8. The summed E-state index contributed by atoms with van der Waals surface area (Å²) in [5, 5.41) is 3.34. The van der Waals surface area contributed by atoms with Gasteiger partial charge in [-0.25, -0.2) is 9.37 Å². The summed E-state index contributed by atoms with van der Waals surface area (Å²) in [6.45, 7) is 0.654. The van der Waals surface area contributed by atoms with E-state index in [4.69, 9.17) is 4.74 Å². The normalized spacial score (nSPS) is 16.9. The lowest BCUT2D eigenvalue weighted by Gasteiger charge is -2.26. The topological polar surface area (TPSA) is 52.0 Å². The number of fused-ring (bicyclic) bond motifs is 2. The Morgan fingerprint density at radius 2 is 2.30 bits per heavy atom. The fraction of sp³-hybridized carbons (Fsp3) is 0.294. The first kappa shape index (κ1) is 14.0.